The molecule has 0 aliphatic heterocycles. The minimum Gasteiger partial charge on any atom is -0.496 e. The first-order valence-corrected chi connectivity index (χ1v) is 6.02. The fourth-order valence-corrected chi connectivity index (χ4v) is 2.28. The van der Waals surface area contributed by atoms with Crippen LogP contribution in [0.15, 0.2) is 24.3 Å². The summed E-state index contributed by atoms with van der Waals surface area (Å²) < 4.78 is 8.14. The lowest BCUT2D eigenvalue weighted by atomic mass is 10.2. The van der Waals surface area contributed by atoms with Crippen LogP contribution in [0.25, 0.3) is 11.4 Å². The Kier molecular flexibility index (Phi) is 2.48. The van der Waals surface area contributed by atoms with E-state index < -0.39 is 0 Å². The highest BCUT2D eigenvalue weighted by Crippen LogP contribution is 2.39. The van der Waals surface area contributed by atoms with Gasteiger partial charge in [-0.3, -0.25) is 9.67 Å². The largest absolute Gasteiger partial charge is 0.496 e. The predicted octanol–water partition coefficient (Wildman–Crippen LogP) is 2.95. The van der Waals surface area contributed by atoms with E-state index in [2.05, 4.69) is 14.8 Å². The molecule has 1 fully saturated rings. The van der Waals surface area contributed by atoms with Gasteiger partial charge in [-0.15, -0.1) is 0 Å². The van der Waals surface area contributed by atoms with Crippen molar-refractivity contribution in [3.05, 3.63) is 29.0 Å². The first-order chi connectivity index (χ1) is 8.31. The number of methoxy groups -OCH3 is 1. The van der Waals surface area contributed by atoms with E-state index in [1.165, 1.54) is 12.8 Å². The Morgan fingerprint density at radius 1 is 1.41 bits per heavy atom. The molecule has 0 radical (unpaired) electrons. The summed E-state index contributed by atoms with van der Waals surface area (Å²) >= 11 is 5.27. The second kappa shape index (κ2) is 4.00. The van der Waals surface area contributed by atoms with Crippen LogP contribution in [0.2, 0.25) is 0 Å². The number of para-hydroxylation sites is 1. The number of nitrogens with one attached hydrogen (secondary N) is 1. The summed E-state index contributed by atoms with van der Waals surface area (Å²) in [6.45, 7) is 0. The van der Waals surface area contributed by atoms with Gasteiger partial charge in [-0.05, 0) is 37.2 Å². The molecule has 0 bridgehead atoms. The maximum atomic E-state index is 5.36. The van der Waals surface area contributed by atoms with Gasteiger partial charge in [-0.2, -0.15) is 5.10 Å². The number of ether oxygens (including phenoxy) is 1. The van der Waals surface area contributed by atoms with E-state index >= 15 is 0 Å². The van der Waals surface area contributed by atoms with Crippen molar-refractivity contribution in [2.75, 3.05) is 7.11 Å². The van der Waals surface area contributed by atoms with Crippen molar-refractivity contribution in [1.29, 1.82) is 0 Å². The lowest BCUT2D eigenvalue weighted by molar-refractivity contribution is 0.416. The Morgan fingerprint density at radius 3 is 2.88 bits per heavy atom. The maximum absolute atomic E-state index is 5.36. The SMILES string of the molecule is COc1ccccc1-c1n[nH]c(=S)n1C1CC1. The lowest BCUT2D eigenvalue weighted by Crippen LogP contribution is -1.99. The van der Waals surface area contributed by atoms with E-state index in [4.69, 9.17) is 17.0 Å². The fourth-order valence-electron chi connectivity index (χ4n) is 2.00. The number of hydrogen-bond acceptors (Lipinski definition) is 3. The zero-order valence-corrected chi connectivity index (χ0v) is 10.3. The van der Waals surface area contributed by atoms with E-state index in [-0.39, 0.29) is 0 Å². The Hall–Kier alpha value is -1.62. The van der Waals surface area contributed by atoms with Gasteiger partial charge in [0.2, 0.25) is 0 Å². The van der Waals surface area contributed by atoms with Crippen molar-refractivity contribution in [3.8, 4) is 17.1 Å². The first-order valence-electron chi connectivity index (χ1n) is 5.61. The zero-order chi connectivity index (χ0) is 11.8. The third-order valence-corrected chi connectivity index (χ3v) is 3.25. The van der Waals surface area contributed by atoms with Crippen LogP contribution in [0.1, 0.15) is 18.9 Å². The smallest absolute Gasteiger partial charge is 0.195 e. The van der Waals surface area contributed by atoms with Crippen LogP contribution < -0.4 is 4.74 Å². The van der Waals surface area contributed by atoms with Crippen molar-refractivity contribution < 1.29 is 4.74 Å². The summed E-state index contributed by atoms with van der Waals surface area (Å²) in [6.07, 6.45) is 2.35. The van der Waals surface area contributed by atoms with Gasteiger partial charge < -0.3 is 4.74 Å². The van der Waals surface area contributed by atoms with Crippen LogP contribution >= 0.6 is 12.2 Å². The highest BCUT2D eigenvalue weighted by Gasteiger charge is 2.28. The number of rotatable bonds is 3. The molecule has 17 heavy (non-hydrogen) atoms. The van der Waals surface area contributed by atoms with E-state index in [0.29, 0.717) is 10.8 Å². The molecule has 1 saturated carbocycles. The van der Waals surface area contributed by atoms with Gasteiger partial charge in [-0.25, -0.2) is 0 Å². The molecule has 0 amide bonds. The third kappa shape index (κ3) is 1.76. The van der Waals surface area contributed by atoms with Crippen LogP contribution in [0.5, 0.6) is 5.75 Å². The van der Waals surface area contributed by atoms with Crippen molar-refractivity contribution in [1.82, 2.24) is 14.8 Å². The Labute approximate surface area is 104 Å². The molecule has 1 heterocycles. The molecular weight excluding hydrogens is 234 g/mol. The van der Waals surface area contributed by atoms with Crippen LogP contribution in [0.3, 0.4) is 0 Å². The monoisotopic (exact) mass is 247 g/mol. The minimum absolute atomic E-state index is 0.501. The van der Waals surface area contributed by atoms with E-state index in [0.717, 1.165) is 17.1 Å². The molecule has 1 aromatic heterocycles. The number of nitrogens with zero attached hydrogens (tertiary/aromatic N) is 2. The Balaban J connectivity index is 2.18. The second-order valence-corrected chi connectivity index (χ2v) is 4.54. The molecule has 1 aliphatic rings. The molecule has 1 aliphatic carbocycles. The Bertz CT molecular complexity index is 598. The normalized spacial score (nSPS) is 14.9. The highest BCUT2D eigenvalue weighted by molar-refractivity contribution is 7.71. The van der Waals surface area contributed by atoms with Gasteiger partial charge in [-0.1, -0.05) is 12.1 Å². The molecule has 5 heteroatoms. The van der Waals surface area contributed by atoms with Gasteiger partial charge in [0.05, 0.1) is 12.7 Å². The lowest BCUT2D eigenvalue weighted by Gasteiger charge is -2.08. The van der Waals surface area contributed by atoms with Crippen LogP contribution in [0, 0.1) is 4.77 Å². The van der Waals surface area contributed by atoms with Gasteiger partial charge >= 0.3 is 0 Å². The summed E-state index contributed by atoms with van der Waals surface area (Å²) in [5, 5.41) is 7.19. The summed E-state index contributed by atoms with van der Waals surface area (Å²) in [5.74, 6) is 1.69. The fraction of sp³-hybridized carbons (Fsp3) is 0.333. The summed E-state index contributed by atoms with van der Waals surface area (Å²) in [5.41, 5.74) is 0.981. The van der Waals surface area contributed by atoms with Crippen LogP contribution in [-0.2, 0) is 0 Å². The molecule has 3 rings (SSSR count). The molecular formula is C12H13N3OS. The topological polar surface area (TPSA) is 42.8 Å². The third-order valence-electron chi connectivity index (χ3n) is 2.96. The van der Waals surface area contributed by atoms with Crippen molar-refractivity contribution >= 4 is 12.2 Å². The molecule has 1 aromatic carbocycles. The number of aromatic nitrogens is 3. The second-order valence-electron chi connectivity index (χ2n) is 4.15. The molecule has 4 nitrogen and oxygen atoms in total. The number of benzene rings is 1. The van der Waals surface area contributed by atoms with Gasteiger partial charge in [0.25, 0.3) is 0 Å². The predicted molar refractivity (Wildman–Crippen MR) is 67.7 cm³/mol. The van der Waals surface area contributed by atoms with E-state index in [1.807, 2.05) is 24.3 Å². The molecule has 0 spiro atoms. The zero-order valence-electron chi connectivity index (χ0n) is 9.51. The van der Waals surface area contributed by atoms with E-state index in [9.17, 15) is 0 Å². The Morgan fingerprint density at radius 2 is 2.18 bits per heavy atom. The molecule has 88 valence electrons. The molecule has 0 atom stereocenters. The average molecular weight is 247 g/mol. The van der Waals surface area contributed by atoms with Crippen LogP contribution in [0.4, 0.5) is 0 Å². The summed E-state index contributed by atoms with van der Waals surface area (Å²) in [4.78, 5) is 0. The van der Waals surface area contributed by atoms with Crippen LogP contribution in [-0.4, -0.2) is 21.9 Å². The maximum Gasteiger partial charge on any atom is 0.195 e. The molecule has 1 N–H and O–H groups in total. The summed E-state index contributed by atoms with van der Waals surface area (Å²) in [7, 11) is 1.67. The van der Waals surface area contributed by atoms with E-state index in [1.54, 1.807) is 7.11 Å². The first kappa shape index (κ1) is 10.5. The number of hydrogen-bond donors (Lipinski definition) is 1. The van der Waals surface area contributed by atoms with Crippen molar-refractivity contribution in [2.24, 2.45) is 0 Å². The highest BCUT2D eigenvalue weighted by atomic mass is 32.1. The van der Waals surface area contributed by atoms with Gasteiger partial charge in [0.15, 0.2) is 10.6 Å². The molecule has 0 saturated heterocycles. The molecule has 0 unspecified atom stereocenters. The number of H-pyrrole nitrogens is 1. The van der Waals surface area contributed by atoms with Crippen molar-refractivity contribution in [3.63, 3.8) is 0 Å². The van der Waals surface area contributed by atoms with Crippen molar-refractivity contribution in [2.45, 2.75) is 18.9 Å². The van der Waals surface area contributed by atoms with Gasteiger partial charge in [0, 0.05) is 6.04 Å². The minimum atomic E-state index is 0.501. The number of aromatic amines is 1. The van der Waals surface area contributed by atoms with Gasteiger partial charge in [0.1, 0.15) is 5.75 Å². The summed E-state index contributed by atoms with van der Waals surface area (Å²) in [6, 6.07) is 8.37. The standard InChI is InChI=1S/C12H13N3OS/c1-16-10-5-3-2-4-9(10)11-13-14-12(17)15(11)8-6-7-8/h2-5,8H,6-7H2,1H3,(H,14,17). The quantitative estimate of drug-likeness (QED) is 0.848. The molecule has 2 aromatic rings. The average Bonchev–Trinajstić information content (AvgIpc) is 3.12.